The predicted molar refractivity (Wildman–Crippen MR) is 108 cm³/mol. The first-order chi connectivity index (χ1) is 13.0. The number of nitrogens with zero attached hydrogens (tertiary/aromatic N) is 3. The summed E-state index contributed by atoms with van der Waals surface area (Å²) in [6.45, 7) is 6.63. The minimum Gasteiger partial charge on any atom is -0.485 e. The number of benzene rings is 1. The Hall–Kier alpha value is -2.82. The average molecular weight is 365 g/mol. The van der Waals surface area contributed by atoms with Crippen LogP contribution in [-0.4, -0.2) is 22.3 Å². The van der Waals surface area contributed by atoms with Gasteiger partial charge in [-0.15, -0.1) is 0 Å². The number of aromatic nitrogens is 2. The molecule has 0 saturated heterocycles. The summed E-state index contributed by atoms with van der Waals surface area (Å²) in [6.07, 6.45) is 3.19. The molecule has 5 heteroatoms. The van der Waals surface area contributed by atoms with E-state index in [1.54, 1.807) is 4.90 Å². The molecule has 2 heterocycles. The lowest BCUT2D eigenvalue weighted by Gasteiger charge is -2.19. The highest BCUT2D eigenvalue weighted by atomic mass is 16.5. The Balaban J connectivity index is 1.95. The van der Waals surface area contributed by atoms with E-state index in [0.29, 0.717) is 24.7 Å². The van der Waals surface area contributed by atoms with E-state index < -0.39 is 0 Å². The molecule has 1 amide bonds. The SMILES string of the molecule is CCc1nc2c(OCc3ccccc3)cccn2c1N(C)C(=O)CC(C)C. The van der Waals surface area contributed by atoms with E-state index in [0.717, 1.165) is 29.1 Å². The molecule has 2 aromatic heterocycles. The fraction of sp³-hybridized carbons (Fsp3) is 0.364. The monoisotopic (exact) mass is 365 g/mol. The Morgan fingerprint density at radius 3 is 2.59 bits per heavy atom. The molecule has 5 nitrogen and oxygen atoms in total. The van der Waals surface area contributed by atoms with Crippen LogP contribution in [0.25, 0.3) is 5.65 Å². The zero-order valence-electron chi connectivity index (χ0n) is 16.5. The number of amides is 1. The first-order valence-electron chi connectivity index (χ1n) is 9.44. The Kier molecular flexibility index (Phi) is 5.79. The molecule has 0 atom stereocenters. The van der Waals surface area contributed by atoms with Crippen LogP contribution in [0.1, 0.15) is 38.4 Å². The zero-order chi connectivity index (χ0) is 19.4. The van der Waals surface area contributed by atoms with Crippen molar-refractivity contribution in [1.82, 2.24) is 9.38 Å². The molecule has 0 spiro atoms. The number of aryl methyl sites for hydroxylation is 1. The summed E-state index contributed by atoms with van der Waals surface area (Å²) >= 11 is 0. The molecule has 1 aromatic carbocycles. The van der Waals surface area contributed by atoms with Crippen molar-refractivity contribution < 1.29 is 9.53 Å². The molecule has 3 rings (SSSR count). The zero-order valence-corrected chi connectivity index (χ0v) is 16.5. The van der Waals surface area contributed by atoms with Crippen LogP contribution in [0.3, 0.4) is 0 Å². The number of hydrogen-bond donors (Lipinski definition) is 0. The Labute approximate surface area is 160 Å². The maximum atomic E-state index is 12.6. The van der Waals surface area contributed by atoms with E-state index in [2.05, 4.69) is 20.8 Å². The lowest BCUT2D eigenvalue weighted by molar-refractivity contribution is -0.119. The number of pyridine rings is 1. The molecule has 3 aromatic rings. The summed E-state index contributed by atoms with van der Waals surface area (Å²) in [5, 5.41) is 0. The van der Waals surface area contributed by atoms with E-state index in [1.807, 2.05) is 60.1 Å². The smallest absolute Gasteiger partial charge is 0.228 e. The van der Waals surface area contributed by atoms with Gasteiger partial charge >= 0.3 is 0 Å². The van der Waals surface area contributed by atoms with Crippen LogP contribution >= 0.6 is 0 Å². The van der Waals surface area contributed by atoms with E-state index >= 15 is 0 Å². The van der Waals surface area contributed by atoms with Gasteiger partial charge in [0.2, 0.25) is 5.91 Å². The summed E-state index contributed by atoms with van der Waals surface area (Å²) in [5.74, 6) is 1.95. The quantitative estimate of drug-likeness (QED) is 0.620. The topological polar surface area (TPSA) is 46.8 Å². The molecule has 0 radical (unpaired) electrons. The third-order valence-electron chi connectivity index (χ3n) is 4.51. The summed E-state index contributed by atoms with van der Waals surface area (Å²) in [6, 6.07) is 13.9. The highest BCUT2D eigenvalue weighted by Crippen LogP contribution is 2.29. The fourth-order valence-corrected chi connectivity index (χ4v) is 3.12. The van der Waals surface area contributed by atoms with Crippen molar-refractivity contribution in [2.75, 3.05) is 11.9 Å². The van der Waals surface area contributed by atoms with Crippen molar-refractivity contribution in [2.24, 2.45) is 5.92 Å². The average Bonchev–Trinajstić information content (AvgIpc) is 3.05. The van der Waals surface area contributed by atoms with Crippen molar-refractivity contribution in [2.45, 2.75) is 40.2 Å². The number of rotatable bonds is 7. The molecular weight excluding hydrogens is 338 g/mol. The second-order valence-corrected chi connectivity index (χ2v) is 7.13. The van der Waals surface area contributed by atoms with E-state index in [9.17, 15) is 4.79 Å². The fourth-order valence-electron chi connectivity index (χ4n) is 3.12. The Bertz CT molecular complexity index is 916. The van der Waals surface area contributed by atoms with Crippen LogP contribution in [0.4, 0.5) is 5.82 Å². The third kappa shape index (κ3) is 4.13. The lowest BCUT2D eigenvalue weighted by atomic mass is 10.1. The van der Waals surface area contributed by atoms with Gasteiger partial charge in [-0.05, 0) is 30.0 Å². The molecule has 0 N–H and O–H groups in total. The normalized spacial score (nSPS) is 11.1. The largest absolute Gasteiger partial charge is 0.485 e. The minimum atomic E-state index is 0.0945. The third-order valence-corrected chi connectivity index (χ3v) is 4.51. The molecule has 142 valence electrons. The van der Waals surface area contributed by atoms with Crippen molar-refractivity contribution in [3.63, 3.8) is 0 Å². The number of imidazole rings is 1. The van der Waals surface area contributed by atoms with Gasteiger partial charge in [0.1, 0.15) is 12.4 Å². The van der Waals surface area contributed by atoms with Crippen LogP contribution in [0.2, 0.25) is 0 Å². The van der Waals surface area contributed by atoms with Crippen molar-refractivity contribution >= 4 is 17.4 Å². The molecule has 27 heavy (non-hydrogen) atoms. The first kappa shape index (κ1) is 19.0. The van der Waals surface area contributed by atoms with Gasteiger partial charge in [-0.25, -0.2) is 4.98 Å². The van der Waals surface area contributed by atoms with Crippen LogP contribution in [0, 0.1) is 5.92 Å². The van der Waals surface area contributed by atoms with E-state index in [4.69, 9.17) is 9.72 Å². The summed E-state index contributed by atoms with van der Waals surface area (Å²) in [7, 11) is 1.82. The molecule has 0 fully saturated rings. The van der Waals surface area contributed by atoms with Gasteiger partial charge in [0.25, 0.3) is 0 Å². The molecule has 0 saturated carbocycles. The van der Waals surface area contributed by atoms with Crippen LogP contribution in [-0.2, 0) is 17.8 Å². The van der Waals surface area contributed by atoms with Crippen LogP contribution in [0.15, 0.2) is 48.7 Å². The standard InChI is InChI=1S/C22H27N3O2/c1-5-18-22(24(4)20(26)14-16(2)3)25-13-9-12-19(21(25)23-18)27-15-17-10-7-6-8-11-17/h6-13,16H,5,14-15H2,1-4H3. The molecule has 0 aliphatic rings. The van der Waals surface area contributed by atoms with Gasteiger partial charge in [0.15, 0.2) is 11.4 Å². The van der Waals surface area contributed by atoms with Crippen molar-refractivity contribution in [3.05, 3.63) is 59.9 Å². The predicted octanol–water partition coefficient (Wildman–Crippen LogP) is 4.48. The minimum absolute atomic E-state index is 0.0945. The Morgan fingerprint density at radius 1 is 1.19 bits per heavy atom. The molecule has 0 unspecified atom stereocenters. The number of ether oxygens (including phenoxy) is 1. The van der Waals surface area contributed by atoms with Gasteiger partial charge in [-0.2, -0.15) is 0 Å². The number of hydrogen-bond acceptors (Lipinski definition) is 3. The maximum absolute atomic E-state index is 12.6. The Morgan fingerprint density at radius 2 is 1.93 bits per heavy atom. The summed E-state index contributed by atoms with van der Waals surface area (Å²) < 4.78 is 7.99. The second-order valence-electron chi connectivity index (χ2n) is 7.13. The van der Waals surface area contributed by atoms with E-state index in [-0.39, 0.29) is 5.91 Å². The second kappa shape index (κ2) is 8.25. The van der Waals surface area contributed by atoms with Gasteiger partial charge in [-0.1, -0.05) is 51.1 Å². The highest BCUT2D eigenvalue weighted by Gasteiger charge is 2.22. The van der Waals surface area contributed by atoms with Gasteiger partial charge in [0, 0.05) is 19.7 Å². The lowest BCUT2D eigenvalue weighted by Crippen LogP contribution is -2.29. The molecule has 0 aliphatic heterocycles. The van der Waals surface area contributed by atoms with Gasteiger partial charge in [-0.3, -0.25) is 14.1 Å². The van der Waals surface area contributed by atoms with Crippen molar-refractivity contribution in [3.8, 4) is 5.75 Å². The summed E-state index contributed by atoms with van der Waals surface area (Å²) in [4.78, 5) is 19.1. The summed E-state index contributed by atoms with van der Waals surface area (Å²) in [5.41, 5.74) is 2.74. The highest BCUT2D eigenvalue weighted by molar-refractivity contribution is 5.93. The van der Waals surface area contributed by atoms with Crippen LogP contribution < -0.4 is 9.64 Å². The molecular formula is C22H27N3O2. The number of fused-ring (bicyclic) bond motifs is 1. The van der Waals surface area contributed by atoms with Gasteiger partial charge < -0.3 is 4.74 Å². The van der Waals surface area contributed by atoms with Crippen molar-refractivity contribution in [1.29, 1.82) is 0 Å². The van der Waals surface area contributed by atoms with E-state index in [1.165, 1.54) is 0 Å². The number of carbonyl (C=O) groups is 1. The maximum Gasteiger partial charge on any atom is 0.228 e. The first-order valence-corrected chi connectivity index (χ1v) is 9.44. The number of carbonyl (C=O) groups excluding carboxylic acids is 1. The molecule has 0 bridgehead atoms. The molecule has 0 aliphatic carbocycles. The van der Waals surface area contributed by atoms with Gasteiger partial charge in [0.05, 0.1) is 5.69 Å². The number of anilines is 1. The van der Waals surface area contributed by atoms with Crippen LogP contribution in [0.5, 0.6) is 5.75 Å².